The summed E-state index contributed by atoms with van der Waals surface area (Å²) in [5, 5.41) is 10.3. The molecule has 3 heterocycles. The van der Waals surface area contributed by atoms with E-state index in [1.807, 2.05) is 26.1 Å². The Morgan fingerprint density at radius 1 is 1.28 bits per heavy atom. The van der Waals surface area contributed by atoms with Gasteiger partial charge in [0.2, 0.25) is 5.91 Å². The van der Waals surface area contributed by atoms with Gasteiger partial charge in [0.05, 0.1) is 35.7 Å². The smallest absolute Gasteiger partial charge is 0.259 e. The maximum atomic E-state index is 13.3. The molecule has 5 N–H and O–H groups in total. The Balaban J connectivity index is 1.43. The van der Waals surface area contributed by atoms with Crippen molar-refractivity contribution in [2.75, 3.05) is 11.4 Å². The highest BCUT2D eigenvalue weighted by atomic mass is 19.1. The van der Waals surface area contributed by atoms with Gasteiger partial charge in [-0.05, 0) is 38.0 Å². The molecule has 190 valence electrons. The van der Waals surface area contributed by atoms with E-state index in [4.69, 9.17) is 10.8 Å². The Hall–Kier alpha value is -3.99. The molecule has 4 rings (SSSR count). The van der Waals surface area contributed by atoms with Crippen LogP contribution in [0.1, 0.15) is 45.2 Å². The van der Waals surface area contributed by atoms with Gasteiger partial charge < -0.3 is 21.0 Å². The second kappa shape index (κ2) is 10.7. The Bertz CT molecular complexity index is 1220. The lowest BCUT2D eigenvalue weighted by Gasteiger charge is -2.33. The maximum Gasteiger partial charge on any atom is 0.259 e. The third-order valence-electron chi connectivity index (χ3n) is 6.39. The standard InChI is InChI=1S/C25H31FN8O2/c1-15(30-24(13-28-27)31-17(3)35)22-9-8-21-23(32-22)10-11-33(25(21)36)20-12-29-34(14-20)16(2)18-4-6-19(26)7-5-18/h4-8,12-16,22,28,30H,9-11,27H2,1-3H3,(H,31,35)/b24-13+/t15-,16?,22?/m0/s1. The van der Waals surface area contributed by atoms with Gasteiger partial charge >= 0.3 is 0 Å². The van der Waals surface area contributed by atoms with Crippen LogP contribution in [0.2, 0.25) is 0 Å². The number of nitrogens with zero attached hydrogens (tertiary/aromatic N) is 4. The summed E-state index contributed by atoms with van der Waals surface area (Å²) in [4.78, 5) is 31.3. The van der Waals surface area contributed by atoms with Crippen LogP contribution in [0.25, 0.3) is 0 Å². The quantitative estimate of drug-likeness (QED) is 0.328. The molecule has 11 heteroatoms. The fourth-order valence-corrected chi connectivity index (χ4v) is 4.42. The largest absolute Gasteiger partial charge is 0.366 e. The molecule has 0 aliphatic carbocycles. The lowest BCUT2D eigenvalue weighted by Crippen LogP contribution is -2.46. The van der Waals surface area contributed by atoms with Gasteiger partial charge in [-0.1, -0.05) is 18.2 Å². The van der Waals surface area contributed by atoms with E-state index in [0.29, 0.717) is 36.5 Å². The van der Waals surface area contributed by atoms with Crippen LogP contribution < -0.4 is 26.8 Å². The fraction of sp³-hybridized carbons (Fsp3) is 0.360. The van der Waals surface area contributed by atoms with E-state index >= 15 is 0 Å². The normalized spacial score (nSPS) is 19.6. The Morgan fingerprint density at radius 2 is 2.03 bits per heavy atom. The van der Waals surface area contributed by atoms with E-state index in [2.05, 4.69) is 21.2 Å². The topological polar surface area (TPSA) is 130 Å². The van der Waals surface area contributed by atoms with Crippen molar-refractivity contribution in [1.82, 2.24) is 25.8 Å². The number of anilines is 1. The molecule has 0 radical (unpaired) electrons. The van der Waals surface area contributed by atoms with Gasteiger partial charge in [-0.25, -0.2) is 4.39 Å². The number of nitrogens with one attached hydrogen (secondary N) is 3. The molecular formula is C25H31FN8O2. The fourth-order valence-electron chi connectivity index (χ4n) is 4.42. The Morgan fingerprint density at radius 3 is 2.72 bits per heavy atom. The van der Waals surface area contributed by atoms with Gasteiger partial charge in [0.1, 0.15) is 11.6 Å². The first kappa shape index (κ1) is 25.1. The number of amides is 2. The van der Waals surface area contributed by atoms with Crippen molar-refractivity contribution in [3.05, 3.63) is 71.7 Å². The molecule has 10 nitrogen and oxygen atoms in total. The van der Waals surface area contributed by atoms with Crippen LogP contribution in [0.15, 0.2) is 65.3 Å². The monoisotopic (exact) mass is 494 g/mol. The number of piperidine rings is 1. The van der Waals surface area contributed by atoms with Crippen LogP contribution in [0, 0.1) is 5.82 Å². The molecule has 2 amide bonds. The number of fused-ring (bicyclic) bond motifs is 1. The Kier molecular flexibility index (Phi) is 7.49. The van der Waals surface area contributed by atoms with Crippen LogP contribution in [0.5, 0.6) is 0 Å². The van der Waals surface area contributed by atoms with Crippen LogP contribution in [0.3, 0.4) is 0 Å². The third kappa shape index (κ3) is 5.46. The van der Waals surface area contributed by atoms with Crippen molar-refractivity contribution in [2.24, 2.45) is 10.8 Å². The minimum absolute atomic E-state index is 0.0980. The van der Waals surface area contributed by atoms with Crippen molar-refractivity contribution < 1.29 is 14.0 Å². The molecule has 3 atom stereocenters. The van der Waals surface area contributed by atoms with Gasteiger partial charge in [0, 0.05) is 37.8 Å². The van der Waals surface area contributed by atoms with E-state index in [1.54, 1.807) is 27.9 Å². The number of carbonyl (C=O) groups excluding carboxylic acids is 2. The zero-order valence-corrected chi connectivity index (χ0v) is 20.5. The molecule has 2 aliphatic heterocycles. The second-order valence-electron chi connectivity index (χ2n) is 8.95. The number of benzene rings is 1. The second-order valence-corrected chi connectivity index (χ2v) is 8.95. The highest BCUT2D eigenvalue weighted by Gasteiger charge is 2.33. The van der Waals surface area contributed by atoms with E-state index < -0.39 is 0 Å². The molecule has 0 spiro atoms. The maximum absolute atomic E-state index is 13.3. The predicted molar refractivity (Wildman–Crippen MR) is 135 cm³/mol. The molecule has 1 fully saturated rings. The summed E-state index contributed by atoms with van der Waals surface area (Å²) in [7, 11) is 0. The third-order valence-corrected chi connectivity index (χ3v) is 6.39. The van der Waals surface area contributed by atoms with E-state index in [-0.39, 0.29) is 35.8 Å². The van der Waals surface area contributed by atoms with Gasteiger partial charge in [-0.2, -0.15) is 5.10 Å². The summed E-state index contributed by atoms with van der Waals surface area (Å²) in [6, 6.07) is 6.00. The lowest BCUT2D eigenvalue weighted by molar-refractivity contribution is -0.118. The highest BCUT2D eigenvalue weighted by Crippen LogP contribution is 2.28. The summed E-state index contributed by atoms with van der Waals surface area (Å²) in [5.74, 6) is 5.21. The Labute approximate surface area is 209 Å². The molecule has 2 unspecified atom stereocenters. The summed E-state index contributed by atoms with van der Waals surface area (Å²) in [5.41, 5.74) is 5.45. The number of carbonyl (C=O) groups is 2. The van der Waals surface area contributed by atoms with Crippen LogP contribution in [0.4, 0.5) is 10.1 Å². The first-order chi connectivity index (χ1) is 17.3. The van der Waals surface area contributed by atoms with Gasteiger partial charge in [-0.3, -0.25) is 25.1 Å². The first-order valence-corrected chi connectivity index (χ1v) is 11.9. The average molecular weight is 495 g/mol. The molecule has 1 saturated heterocycles. The summed E-state index contributed by atoms with van der Waals surface area (Å²) in [6.45, 7) is 5.85. The summed E-state index contributed by atoms with van der Waals surface area (Å²) in [6.07, 6.45) is 8.13. The summed E-state index contributed by atoms with van der Waals surface area (Å²) >= 11 is 0. The lowest BCUT2D eigenvalue weighted by atomic mass is 9.93. The number of aromatic nitrogens is 2. The van der Waals surface area contributed by atoms with Crippen molar-refractivity contribution in [1.29, 1.82) is 0 Å². The number of dihydropyridines is 1. The van der Waals surface area contributed by atoms with E-state index in [9.17, 15) is 14.0 Å². The molecule has 0 bridgehead atoms. The zero-order chi connectivity index (χ0) is 25.8. The van der Waals surface area contributed by atoms with Gasteiger partial charge in [0.15, 0.2) is 0 Å². The molecule has 0 saturated carbocycles. The minimum atomic E-state index is -0.283. The predicted octanol–water partition coefficient (Wildman–Crippen LogP) is 1.88. The van der Waals surface area contributed by atoms with Gasteiger partial charge in [0.25, 0.3) is 5.91 Å². The number of halogens is 1. The molecule has 1 aromatic carbocycles. The van der Waals surface area contributed by atoms with E-state index in [1.165, 1.54) is 25.3 Å². The van der Waals surface area contributed by atoms with Gasteiger partial charge in [-0.15, -0.1) is 0 Å². The minimum Gasteiger partial charge on any atom is -0.366 e. The molecule has 2 aliphatic rings. The number of hydrazine groups is 1. The van der Waals surface area contributed by atoms with Crippen molar-refractivity contribution in [3.63, 3.8) is 0 Å². The first-order valence-electron chi connectivity index (χ1n) is 11.9. The number of hydrogen-bond donors (Lipinski definition) is 4. The number of nitrogens with two attached hydrogens (primary N) is 1. The van der Waals surface area contributed by atoms with Crippen molar-refractivity contribution >= 4 is 23.2 Å². The molecule has 1 aromatic heterocycles. The zero-order valence-electron chi connectivity index (χ0n) is 20.5. The number of aliphatic imine (C=N–C) groups is 1. The van der Waals surface area contributed by atoms with Crippen LogP contribution in [-0.2, 0) is 9.59 Å². The van der Waals surface area contributed by atoms with Crippen molar-refractivity contribution in [2.45, 2.75) is 51.7 Å². The van der Waals surface area contributed by atoms with Crippen LogP contribution >= 0.6 is 0 Å². The number of rotatable bonds is 8. The number of hydrogen-bond acceptors (Lipinski definition) is 7. The average Bonchev–Trinajstić information content (AvgIpc) is 3.34. The van der Waals surface area contributed by atoms with Crippen LogP contribution in [-0.4, -0.2) is 45.9 Å². The summed E-state index contributed by atoms with van der Waals surface area (Å²) < 4.78 is 15.0. The highest BCUT2D eigenvalue weighted by molar-refractivity contribution is 6.28. The van der Waals surface area contributed by atoms with Crippen molar-refractivity contribution in [3.8, 4) is 0 Å². The molecule has 2 aromatic rings. The SMILES string of the molecule is CC(=O)N/C(=C/NN)N[C@@H](C)C1CC=C2C(=O)N(c3cnn(C(C)c4ccc(F)cc4)c3)CCC2=N1. The molecular weight excluding hydrogens is 463 g/mol. The van der Waals surface area contributed by atoms with E-state index in [0.717, 1.165) is 11.3 Å². The molecule has 36 heavy (non-hydrogen) atoms.